The highest BCUT2D eigenvalue weighted by molar-refractivity contribution is 5.69. The third kappa shape index (κ3) is 9.73. The predicted octanol–water partition coefficient (Wildman–Crippen LogP) is 6.05. The van der Waals surface area contributed by atoms with Crippen LogP contribution in [-0.2, 0) is 27.1 Å². The van der Waals surface area contributed by atoms with Crippen molar-refractivity contribution in [2.24, 2.45) is 5.92 Å². The Morgan fingerprint density at radius 3 is 2.49 bits per heavy atom. The topological polar surface area (TPSA) is 67.8 Å². The lowest BCUT2D eigenvalue weighted by molar-refractivity contribution is -0.140. The van der Waals surface area contributed by atoms with Crippen molar-refractivity contribution in [1.29, 1.82) is 0 Å². The Labute approximate surface area is 223 Å². The molecule has 0 saturated heterocycles. The number of nitrogens with one attached hydrogen (secondary N) is 1. The van der Waals surface area contributed by atoms with E-state index in [1.807, 2.05) is 19.1 Å². The van der Waals surface area contributed by atoms with Crippen molar-refractivity contribution < 1.29 is 19.4 Å². The quantitative estimate of drug-likeness (QED) is 0.227. The fraction of sp³-hybridized carbons (Fsp3) is 0.531. The van der Waals surface area contributed by atoms with Crippen LogP contribution in [0.2, 0.25) is 0 Å². The summed E-state index contributed by atoms with van der Waals surface area (Å²) in [4.78, 5) is 11.2. The first-order chi connectivity index (χ1) is 17.8. The third-order valence-electron chi connectivity index (χ3n) is 7.25. The highest BCUT2D eigenvalue weighted by Gasteiger charge is 2.28. The molecule has 0 bridgehead atoms. The average molecular weight is 508 g/mol. The lowest BCUT2D eigenvalue weighted by atomic mass is 9.88. The molecule has 1 aliphatic carbocycles. The molecule has 1 aliphatic rings. The smallest absolute Gasteiger partial charge is 0.305 e. The zero-order valence-electron chi connectivity index (χ0n) is 23.0. The second-order valence-electron chi connectivity index (χ2n) is 11.0. The van der Waals surface area contributed by atoms with E-state index in [4.69, 9.17) is 4.74 Å². The lowest BCUT2D eigenvalue weighted by Crippen LogP contribution is -2.45. The SMILES string of the molecule is COC(=O)CCCC/C=C/c1ccccc1[C@@H](C)OC[C@H](O)CNC(C)(C)CC1Cc2ccccc2C1. The summed E-state index contributed by atoms with van der Waals surface area (Å²) in [6.07, 6.45) is 10.1. The average Bonchev–Trinajstić information content (AvgIpc) is 3.29. The summed E-state index contributed by atoms with van der Waals surface area (Å²) in [5.41, 5.74) is 5.15. The summed E-state index contributed by atoms with van der Waals surface area (Å²) in [6.45, 7) is 7.27. The molecule has 3 rings (SSSR count). The number of allylic oxidation sites excluding steroid dienone is 1. The molecule has 2 atom stereocenters. The Balaban J connectivity index is 1.39. The van der Waals surface area contributed by atoms with Crippen molar-refractivity contribution in [1.82, 2.24) is 5.32 Å². The summed E-state index contributed by atoms with van der Waals surface area (Å²) in [5.74, 6) is 0.492. The Kier molecular flexibility index (Phi) is 11.4. The van der Waals surface area contributed by atoms with Gasteiger partial charge in [-0.15, -0.1) is 0 Å². The van der Waals surface area contributed by atoms with Gasteiger partial charge in [0, 0.05) is 18.5 Å². The van der Waals surface area contributed by atoms with Gasteiger partial charge in [0.15, 0.2) is 0 Å². The number of unbranched alkanes of at least 4 members (excludes halogenated alkanes) is 2. The van der Waals surface area contributed by atoms with Crippen LogP contribution in [0.15, 0.2) is 54.6 Å². The minimum absolute atomic E-state index is 0.0481. The van der Waals surface area contributed by atoms with Gasteiger partial charge in [-0.2, -0.15) is 0 Å². The van der Waals surface area contributed by atoms with E-state index in [9.17, 15) is 9.90 Å². The van der Waals surface area contributed by atoms with Gasteiger partial charge in [-0.3, -0.25) is 4.79 Å². The van der Waals surface area contributed by atoms with Crippen LogP contribution in [0.1, 0.15) is 81.2 Å². The number of esters is 1. The van der Waals surface area contributed by atoms with Crippen molar-refractivity contribution in [2.45, 2.75) is 83.5 Å². The van der Waals surface area contributed by atoms with Crippen molar-refractivity contribution >= 4 is 12.0 Å². The molecule has 0 fully saturated rings. The fourth-order valence-electron chi connectivity index (χ4n) is 5.26. The Morgan fingerprint density at radius 1 is 1.11 bits per heavy atom. The van der Waals surface area contributed by atoms with Crippen LogP contribution in [0, 0.1) is 5.92 Å². The largest absolute Gasteiger partial charge is 0.469 e. The van der Waals surface area contributed by atoms with Gasteiger partial charge in [-0.1, -0.05) is 60.7 Å². The van der Waals surface area contributed by atoms with Crippen LogP contribution in [0.4, 0.5) is 0 Å². The van der Waals surface area contributed by atoms with Crippen molar-refractivity contribution in [3.63, 3.8) is 0 Å². The molecule has 2 N–H and O–H groups in total. The molecule has 0 saturated carbocycles. The molecular weight excluding hydrogens is 462 g/mol. The second-order valence-corrected chi connectivity index (χ2v) is 11.0. The number of carbonyl (C=O) groups is 1. The highest BCUT2D eigenvalue weighted by atomic mass is 16.5. The standard InChI is InChI=1S/C32H45NO4/c1-24(30-17-12-11-14-26(30)13-7-5-6-8-18-31(35)36-4)37-23-29(34)22-33-32(2,3)21-25-19-27-15-9-10-16-28(27)20-25/h7,9-17,24-25,29,33-34H,5-6,8,18-23H2,1-4H3/b13-7+/t24-,29-/m1/s1. The van der Waals surface area contributed by atoms with E-state index in [2.05, 4.69) is 72.5 Å². The fourth-order valence-corrected chi connectivity index (χ4v) is 5.26. The molecule has 2 aromatic rings. The number of hydrogen-bond acceptors (Lipinski definition) is 5. The number of benzene rings is 2. The number of aliphatic hydroxyl groups excluding tert-OH is 1. The molecule has 0 radical (unpaired) electrons. The molecule has 0 amide bonds. The second kappa shape index (κ2) is 14.5. The van der Waals surface area contributed by atoms with Gasteiger partial charge in [-0.05, 0) is 87.5 Å². The summed E-state index contributed by atoms with van der Waals surface area (Å²) in [7, 11) is 1.43. The van der Waals surface area contributed by atoms with E-state index in [1.165, 1.54) is 18.2 Å². The number of β-amino-alcohol motifs (C(OH)–C–C–N with tert-alkyl or cyclic N) is 1. The van der Waals surface area contributed by atoms with Gasteiger partial charge in [0.05, 0.1) is 25.9 Å². The Hall–Kier alpha value is -2.47. The molecule has 0 aliphatic heterocycles. The summed E-state index contributed by atoms with van der Waals surface area (Å²) < 4.78 is 10.8. The van der Waals surface area contributed by atoms with E-state index < -0.39 is 6.10 Å². The van der Waals surface area contributed by atoms with Gasteiger partial charge in [0.1, 0.15) is 0 Å². The Bertz CT molecular complexity index is 990. The van der Waals surface area contributed by atoms with Crippen LogP contribution in [-0.4, -0.2) is 43.0 Å². The summed E-state index contributed by atoms with van der Waals surface area (Å²) in [5, 5.41) is 14.2. The van der Waals surface area contributed by atoms with Gasteiger partial charge in [0.25, 0.3) is 0 Å². The molecule has 5 nitrogen and oxygen atoms in total. The summed E-state index contributed by atoms with van der Waals surface area (Å²) in [6, 6.07) is 17.0. The maximum Gasteiger partial charge on any atom is 0.305 e. The van der Waals surface area contributed by atoms with Gasteiger partial charge < -0.3 is 19.9 Å². The molecule has 202 valence electrons. The van der Waals surface area contributed by atoms with E-state index in [0.29, 0.717) is 18.9 Å². The first kappa shape index (κ1) is 29.1. The number of fused-ring (bicyclic) bond motifs is 1. The van der Waals surface area contributed by atoms with Crippen molar-refractivity contribution in [3.05, 3.63) is 76.9 Å². The first-order valence-corrected chi connectivity index (χ1v) is 13.7. The predicted molar refractivity (Wildman–Crippen MR) is 150 cm³/mol. The molecule has 0 unspecified atom stereocenters. The minimum atomic E-state index is -0.569. The van der Waals surface area contributed by atoms with E-state index >= 15 is 0 Å². The van der Waals surface area contributed by atoms with Crippen LogP contribution < -0.4 is 5.32 Å². The first-order valence-electron chi connectivity index (χ1n) is 13.7. The number of methoxy groups -OCH3 is 1. The van der Waals surface area contributed by atoms with Crippen molar-refractivity contribution in [3.8, 4) is 0 Å². The third-order valence-corrected chi connectivity index (χ3v) is 7.25. The number of hydrogen-bond donors (Lipinski definition) is 2. The molecule has 0 spiro atoms. The molecule has 0 aromatic heterocycles. The van der Waals surface area contributed by atoms with Crippen LogP contribution in [0.5, 0.6) is 0 Å². The van der Waals surface area contributed by atoms with E-state index in [1.54, 1.807) is 0 Å². The lowest BCUT2D eigenvalue weighted by Gasteiger charge is -2.31. The normalized spacial score (nSPS) is 15.6. The molecule has 2 aromatic carbocycles. The van der Waals surface area contributed by atoms with Crippen molar-refractivity contribution in [2.75, 3.05) is 20.3 Å². The summed E-state index contributed by atoms with van der Waals surface area (Å²) >= 11 is 0. The zero-order chi connectivity index (χ0) is 26.7. The maximum absolute atomic E-state index is 11.2. The molecular formula is C32H45NO4. The van der Waals surface area contributed by atoms with E-state index in [0.717, 1.165) is 49.7 Å². The number of ether oxygens (including phenoxy) is 2. The zero-order valence-corrected chi connectivity index (χ0v) is 23.0. The monoisotopic (exact) mass is 507 g/mol. The van der Waals surface area contributed by atoms with E-state index in [-0.39, 0.29) is 24.2 Å². The molecule has 5 heteroatoms. The van der Waals surface area contributed by atoms with Gasteiger partial charge >= 0.3 is 5.97 Å². The van der Waals surface area contributed by atoms with Gasteiger partial charge in [0.2, 0.25) is 0 Å². The molecule has 37 heavy (non-hydrogen) atoms. The number of aliphatic hydroxyl groups is 1. The maximum atomic E-state index is 11.2. The van der Waals surface area contributed by atoms with Gasteiger partial charge in [-0.25, -0.2) is 0 Å². The van der Waals surface area contributed by atoms with Crippen LogP contribution in [0.25, 0.3) is 6.08 Å². The van der Waals surface area contributed by atoms with Crippen LogP contribution >= 0.6 is 0 Å². The molecule has 0 heterocycles. The van der Waals surface area contributed by atoms with Crippen LogP contribution in [0.3, 0.4) is 0 Å². The highest BCUT2D eigenvalue weighted by Crippen LogP contribution is 2.32. The number of carbonyl (C=O) groups excluding carboxylic acids is 1. The number of rotatable bonds is 15. The minimum Gasteiger partial charge on any atom is -0.469 e. The Morgan fingerprint density at radius 2 is 1.78 bits per heavy atom.